The summed E-state index contributed by atoms with van der Waals surface area (Å²) in [5.41, 5.74) is 1.13. The minimum Gasteiger partial charge on any atom is -0.392 e. The molecule has 0 spiro atoms. The lowest BCUT2D eigenvalue weighted by Crippen LogP contribution is -2.30. The SMILES string of the molecule is C[C@H](O)CNC(=O)CCc1cccc(Br)c1. The van der Waals surface area contributed by atoms with Crippen LogP contribution < -0.4 is 5.32 Å². The molecular weight excluding hydrogens is 270 g/mol. The predicted molar refractivity (Wildman–Crippen MR) is 67.2 cm³/mol. The molecule has 1 aromatic rings. The Balaban J connectivity index is 2.31. The number of hydrogen-bond acceptors (Lipinski definition) is 2. The largest absolute Gasteiger partial charge is 0.392 e. The smallest absolute Gasteiger partial charge is 0.220 e. The van der Waals surface area contributed by atoms with E-state index < -0.39 is 6.10 Å². The summed E-state index contributed by atoms with van der Waals surface area (Å²) in [6, 6.07) is 7.90. The molecule has 3 nitrogen and oxygen atoms in total. The van der Waals surface area contributed by atoms with Gasteiger partial charge in [-0.25, -0.2) is 0 Å². The zero-order valence-electron chi connectivity index (χ0n) is 9.24. The number of carbonyl (C=O) groups is 1. The molecule has 88 valence electrons. The first kappa shape index (κ1) is 13.2. The summed E-state index contributed by atoms with van der Waals surface area (Å²) in [4.78, 5) is 11.4. The minimum atomic E-state index is -0.491. The third kappa shape index (κ3) is 5.28. The number of rotatable bonds is 5. The Hall–Kier alpha value is -0.870. The lowest BCUT2D eigenvalue weighted by Gasteiger charge is -2.07. The second kappa shape index (κ2) is 6.66. The van der Waals surface area contributed by atoms with Crippen LogP contribution in [0.2, 0.25) is 0 Å². The monoisotopic (exact) mass is 285 g/mol. The summed E-state index contributed by atoms with van der Waals surface area (Å²) in [6.07, 6.45) is 0.670. The van der Waals surface area contributed by atoms with Gasteiger partial charge in [-0.1, -0.05) is 28.1 Å². The van der Waals surface area contributed by atoms with Crippen molar-refractivity contribution < 1.29 is 9.90 Å². The first-order valence-corrected chi connectivity index (χ1v) is 6.06. The number of carbonyl (C=O) groups excluding carboxylic acids is 1. The molecule has 0 aliphatic rings. The average molecular weight is 286 g/mol. The van der Waals surface area contributed by atoms with E-state index in [9.17, 15) is 4.79 Å². The summed E-state index contributed by atoms with van der Waals surface area (Å²) < 4.78 is 1.02. The summed E-state index contributed by atoms with van der Waals surface area (Å²) in [7, 11) is 0. The van der Waals surface area contributed by atoms with E-state index in [2.05, 4.69) is 21.2 Å². The van der Waals surface area contributed by atoms with Crippen molar-refractivity contribution in [1.82, 2.24) is 5.32 Å². The van der Waals surface area contributed by atoms with Crippen molar-refractivity contribution in [2.45, 2.75) is 25.9 Å². The second-order valence-corrected chi connectivity index (χ2v) is 4.70. The number of aliphatic hydroxyl groups excluding tert-OH is 1. The van der Waals surface area contributed by atoms with Crippen molar-refractivity contribution >= 4 is 21.8 Å². The van der Waals surface area contributed by atoms with Crippen molar-refractivity contribution in [3.05, 3.63) is 34.3 Å². The van der Waals surface area contributed by atoms with Crippen LogP contribution in [0.25, 0.3) is 0 Å². The van der Waals surface area contributed by atoms with E-state index in [1.807, 2.05) is 24.3 Å². The molecule has 16 heavy (non-hydrogen) atoms. The van der Waals surface area contributed by atoms with Crippen LogP contribution in [0.5, 0.6) is 0 Å². The Kier molecular flexibility index (Phi) is 5.49. The number of halogens is 1. The third-order valence-electron chi connectivity index (χ3n) is 2.12. The van der Waals surface area contributed by atoms with Crippen molar-refractivity contribution in [3.8, 4) is 0 Å². The maximum absolute atomic E-state index is 11.4. The first-order valence-electron chi connectivity index (χ1n) is 5.27. The van der Waals surface area contributed by atoms with Gasteiger partial charge in [0.1, 0.15) is 0 Å². The lowest BCUT2D eigenvalue weighted by atomic mass is 10.1. The quantitative estimate of drug-likeness (QED) is 0.868. The summed E-state index contributed by atoms with van der Waals surface area (Å²) in [5, 5.41) is 11.7. The van der Waals surface area contributed by atoms with E-state index >= 15 is 0 Å². The van der Waals surface area contributed by atoms with Gasteiger partial charge in [0, 0.05) is 17.4 Å². The van der Waals surface area contributed by atoms with Crippen molar-refractivity contribution in [2.75, 3.05) is 6.54 Å². The highest BCUT2D eigenvalue weighted by Crippen LogP contribution is 2.12. The van der Waals surface area contributed by atoms with Crippen LogP contribution >= 0.6 is 15.9 Å². The number of aliphatic hydroxyl groups is 1. The Morgan fingerprint density at radius 1 is 1.56 bits per heavy atom. The van der Waals surface area contributed by atoms with Crippen LogP contribution in [0.1, 0.15) is 18.9 Å². The Morgan fingerprint density at radius 3 is 2.94 bits per heavy atom. The highest BCUT2D eigenvalue weighted by Gasteiger charge is 2.03. The van der Waals surface area contributed by atoms with Crippen LogP contribution in [0.3, 0.4) is 0 Å². The number of hydrogen-bond donors (Lipinski definition) is 2. The molecule has 1 rings (SSSR count). The van der Waals surface area contributed by atoms with Gasteiger partial charge in [0.15, 0.2) is 0 Å². The van der Waals surface area contributed by atoms with Gasteiger partial charge in [-0.3, -0.25) is 4.79 Å². The van der Waals surface area contributed by atoms with E-state index in [0.717, 1.165) is 10.0 Å². The van der Waals surface area contributed by atoms with Crippen molar-refractivity contribution in [1.29, 1.82) is 0 Å². The molecule has 0 radical (unpaired) electrons. The maximum Gasteiger partial charge on any atom is 0.220 e. The number of benzene rings is 1. The van der Waals surface area contributed by atoms with Gasteiger partial charge in [-0.05, 0) is 31.0 Å². The fourth-order valence-electron chi connectivity index (χ4n) is 1.30. The molecule has 0 fully saturated rings. The number of amides is 1. The third-order valence-corrected chi connectivity index (χ3v) is 2.62. The predicted octanol–water partition coefficient (Wildman–Crippen LogP) is 1.88. The van der Waals surface area contributed by atoms with Gasteiger partial charge in [0.2, 0.25) is 5.91 Å². The molecular formula is C12H16BrNO2. The van der Waals surface area contributed by atoms with E-state index in [-0.39, 0.29) is 5.91 Å². The van der Waals surface area contributed by atoms with Gasteiger partial charge in [-0.15, -0.1) is 0 Å². The molecule has 2 N–H and O–H groups in total. The molecule has 0 saturated heterocycles. The zero-order valence-corrected chi connectivity index (χ0v) is 10.8. The van der Waals surface area contributed by atoms with E-state index in [0.29, 0.717) is 19.4 Å². The van der Waals surface area contributed by atoms with Crippen LogP contribution in [0.15, 0.2) is 28.7 Å². The molecule has 0 unspecified atom stereocenters. The highest BCUT2D eigenvalue weighted by molar-refractivity contribution is 9.10. The lowest BCUT2D eigenvalue weighted by molar-refractivity contribution is -0.121. The van der Waals surface area contributed by atoms with Crippen LogP contribution in [-0.4, -0.2) is 23.7 Å². The molecule has 1 atom stereocenters. The Bertz CT molecular complexity index is 353. The molecule has 4 heteroatoms. The van der Waals surface area contributed by atoms with Gasteiger partial charge in [0.25, 0.3) is 0 Å². The van der Waals surface area contributed by atoms with Gasteiger partial charge in [0.05, 0.1) is 6.10 Å². The normalized spacial score (nSPS) is 12.2. The molecule has 0 aliphatic carbocycles. The van der Waals surface area contributed by atoms with Crippen LogP contribution in [0.4, 0.5) is 0 Å². The number of nitrogens with one attached hydrogen (secondary N) is 1. The molecule has 0 heterocycles. The van der Waals surface area contributed by atoms with Gasteiger partial charge < -0.3 is 10.4 Å². The molecule has 0 aliphatic heterocycles. The summed E-state index contributed by atoms with van der Waals surface area (Å²) in [6.45, 7) is 1.96. The maximum atomic E-state index is 11.4. The first-order chi connectivity index (χ1) is 7.58. The van der Waals surface area contributed by atoms with Gasteiger partial charge >= 0.3 is 0 Å². The standard InChI is InChI=1S/C12H16BrNO2/c1-9(15)8-14-12(16)6-5-10-3-2-4-11(13)7-10/h2-4,7,9,15H,5-6,8H2,1H3,(H,14,16)/t9-/m0/s1. The van der Waals surface area contributed by atoms with Crippen LogP contribution in [0, 0.1) is 0 Å². The molecule has 1 amide bonds. The molecule has 0 saturated carbocycles. The summed E-state index contributed by atoms with van der Waals surface area (Å²) in [5.74, 6) is -0.0270. The van der Waals surface area contributed by atoms with E-state index in [1.54, 1.807) is 6.92 Å². The van der Waals surface area contributed by atoms with Crippen molar-refractivity contribution in [3.63, 3.8) is 0 Å². The fraction of sp³-hybridized carbons (Fsp3) is 0.417. The molecule has 0 bridgehead atoms. The van der Waals surface area contributed by atoms with E-state index in [1.165, 1.54) is 0 Å². The average Bonchev–Trinajstić information content (AvgIpc) is 2.23. The summed E-state index contributed by atoms with van der Waals surface area (Å²) >= 11 is 3.39. The zero-order chi connectivity index (χ0) is 12.0. The van der Waals surface area contributed by atoms with Crippen molar-refractivity contribution in [2.24, 2.45) is 0 Å². The van der Waals surface area contributed by atoms with Crippen LogP contribution in [-0.2, 0) is 11.2 Å². The van der Waals surface area contributed by atoms with Gasteiger partial charge in [-0.2, -0.15) is 0 Å². The molecule has 1 aromatic carbocycles. The second-order valence-electron chi connectivity index (χ2n) is 3.78. The fourth-order valence-corrected chi connectivity index (χ4v) is 1.75. The minimum absolute atomic E-state index is 0.0270. The molecule has 0 aromatic heterocycles. The Labute approximate surface area is 104 Å². The number of aryl methyl sites for hydroxylation is 1. The topological polar surface area (TPSA) is 49.3 Å². The highest BCUT2D eigenvalue weighted by atomic mass is 79.9. The van der Waals surface area contributed by atoms with E-state index in [4.69, 9.17) is 5.11 Å². The Morgan fingerprint density at radius 2 is 2.31 bits per heavy atom.